The lowest BCUT2D eigenvalue weighted by molar-refractivity contribution is -0.116. The summed E-state index contributed by atoms with van der Waals surface area (Å²) in [6.45, 7) is 0. The maximum Gasteiger partial charge on any atom is 0.442 e. The van der Waals surface area contributed by atoms with E-state index in [1.54, 1.807) is 18.3 Å². The Balaban J connectivity index is 2.15. The van der Waals surface area contributed by atoms with Crippen LogP contribution < -0.4 is 4.90 Å². The first-order chi connectivity index (χ1) is 10.3. The van der Waals surface area contributed by atoms with Crippen molar-refractivity contribution in [2.24, 2.45) is 0 Å². The second-order valence-corrected chi connectivity index (χ2v) is 5.55. The summed E-state index contributed by atoms with van der Waals surface area (Å²) in [6.07, 6.45) is 4.57. The van der Waals surface area contributed by atoms with Crippen LogP contribution in [0.5, 0.6) is 0 Å². The highest BCUT2D eigenvalue weighted by Gasteiger charge is 2.30. The molecule has 0 atom stereocenters. The Kier molecular flexibility index (Phi) is 4.97. The number of amides is 1. The molecular weight excluding hydrogens is 341 g/mol. The minimum atomic E-state index is -4.46. The van der Waals surface area contributed by atoms with Gasteiger partial charge in [0, 0.05) is 13.2 Å². The molecule has 0 saturated carbocycles. The minimum Gasteiger partial charge on any atom is -0.311 e. The van der Waals surface area contributed by atoms with E-state index in [0.29, 0.717) is 5.69 Å². The monoisotopic (exact) mass is 350 g/mol. The fourth-order valence-corrected chi connectivity index (χ4v) is 2.30. The lowest BCUT2D eigenvalue weighted by atomic mass is 10.4. The van der Waals surface area contributed by atoms with Gasteiger partial charge in [-0.2, -0.15) is 18.3 Å². The van der Waals surface area contributed by atoms with Crippen molar-refractivity contribution in [1.82, 2.24) is 14.8 Å². The first-order valence-corrected chi connectivity index (χ1v) is 7.27. The van der Waals surface area contributed by atoms with Crippen LogP contribution >= 0.6 is 23.4 Å². The van der Waals surface area contributed by atoms with Gasteiger partial charge in [0.05, 0.1) is 23.8 Å². The molecule has 118 valence electrons. The van der Waals surface area contributed by atoms with Crippen molar-refractivity contribution in [3.05, 3.63) is 35.9 Å². The molecule has 0 aromatic carbocycles. The Bertz CT molecular complexity index is 662. The van der Waals surface area contributed by atoms with Crippen molar-refractivity contribution >= 4 is 35.0 Å². The highest BCUT2D eigenvalue weighted by molar-refractivity contribution is 8.00. The minimum absolute atomic E-state index is 0.0108. The van der Waals surface area contributed by atoms with E-state index < -0.39 is 28.9 Å². The topological polar surface area (TPSA) is 51.0 Å². The molecule has 2 rings (SSSR count). The van der Waals surface area contributed by atoms with Crippen LogP contribution in [0.15, 0.2) is 30.7 Å². The normalized spacial score (nSPS) is 11.5. The van der Waals surface area contributed by atoms with Crippen LogP contribution in [0.1, 0.15) is 0 Å². The van der Waals surface area contributed by atoms with Gasteiger partial charge in [0.1, 0.15) is 5.69 Å². The van der Waals surface area contributed by atoms with E-state index in [-0.39, 0.29) is 10.8 Å². The summed E-state index contributed by atoms with van der Waals surface area (Å²) >= 11 is 5.55. The molecule has 0 aliphatic carbocycles. The van der Waals surface area contributed by atoms with Gasteiger partial charge >= 0.3 is 5.51 Å². The maximum absolute atomic E-state index is 12.1. The molecule has 0 aliphatic rings. The molecule has 0 aliphatic heterocycles. The number of pyridine rings is 1. The molecule has 2 heterocycles. The van der Waals surface area contributed by atoms with Gasteiger partial charge in [-0.1, -0.05) is 11.6 Å². The zero-order chi connectivity index (χ0) is 16.3. The van der Waals surface area contributed by atoms with Crippen LogP contribution in [0.3, 0.4) is 0 Å². The van der Waals surface area contributed by atoms with E-state index >= 15 is 0 Å². The molecule has 0 unspecified atom stereocenters. The number of anilines is 1. The van der Waals surface area contributed by atoms with Crippen LogP contribution in [0.4, 0.5) is 18.9 Å². The van der Waals surface area contributed by atoms with Gasteiger partial charge in [-0.05, 0) is 23.9 Å². The molecule has 0 N–H and O–H groups in total. The summed E-state index contributed by atoms with van der Waals surface area (Å²) in [5.74, 6) is -1.45. The highest BCUT2D eigenvalue weighted by Crippen LogP contribution is 2.31. The van der Waals surface area contributed by atoms with Gasteiger partial charge in [0.15, 0.2) is 5.15 Å². The summed E-state index contributed by atoms with van der Waals surface area (Å²) in [5.41, 5.74) is -3.63. The molecule has 1 amide bonds. The molecule has 0 radical (unpaired) electrons. The van der Waals surface area contributed by atoms with E-state index in [9.17, 15) is 18.0 Å². The highest BCUT2D eigenvalue weighted by atomic mass is 35.5. The SMILES string of the molecule is CN(C(=O)CSC(F)(F)F)c1cn(-c2cccnc2)nc1Cl. The van der Waals surface area contributed by atoms with Crippen LogP contribution in [-0.4, -0.2) is 39.0 Å². The van der Waals surface area contributed by atoms with Crippen molar-refractivity contribution in [2.45, 2.75) is 5.51 Å². The Hall–Kier alpha value is -1.74. The largest absolute Gasteiger partial charge is 0.442 e. The molecule has 10 heteroatoms. The number of carbonyl (C=O) groups is 1. The van der Waals surface area contributed by atoms with Crippen molar-refractivity contribution in [1.29, 1.82) is 0 Å². The van der Waals surface area contributed by atoms with Crippen molar-refractivity contribution in [3.8, 4) is 5.69 Å². The number of rotatable bonds is 4. The number of carbonyl (C=O) groups excluding carboxylic acids is 1. The number of halogens is 4. The molecule has 5 nitrogen and oxygen atoms in total. The quantitative estimate of drug-likeness (QED) is 0.850. The van der Waals surface area contributed by atoms with Crippen LogP contribution in [0.2, 0.25) is 5.15 Å². The van der Waals surface area contributed by atoms with Gasteiger partial charge in [0.2, 0.25) is 5.91 Å². The smallest absolute Gasteiger partial charge is 0.311 e. The second kappa shape index (κ2) is 6.57. The first-order valence-electron chi connectivity index (χ1n) is 5.91. The lowest BCUT2D eigenvalue weighted by Crippen LogP contribution is -2.29. The summed E-state index contributed by atoms with van der Waals surface area (Å²) in [4.78, 5) is 16.8. The Labute approximate surface area is 133 Å². The lowest BCUT2D eigenvalue weighted by Gasteiger charge is -2.15. The summed E-state index contributed by atoms with van der Waals surface area (Å²) in [6, 6.07) is 3.42. The van der Waals surface area contributed by atoms with Crippen molar-refractivity contribution in [3.63, 3.8) is 0 Å². The molecule has 2 aromatic rings. The molecule has 0 bridgehead atoms. The van der Waals surface area contributed by atoms with Crippen LogP contribution in [0, 0.1) is 0 Å². The molecule has 0 fully saturated rings. The fraction of sp³-hybridized carbons (Fsp3) is 0.250. The Morgan fingerprint density at radius 1 is 1.50 bits per heavy atom. The zero-order valence-corrected chi connectivity index (χ0v) is 12.8. The molecule has 0 spiro atoms. The van der Waals surface area contributed by atoms with Crippen LogP contribution in [-0.2, 0) is 4.79 Å². The third-order valence-electron chi connectivity index (χ3n) is 2.66. The average molecular weight is 351 g/mol. The molecular formula is C12H10ClF3N4OS. The van der Waals surface area contributed by atoms with Gasteiger partial charge in [0.25, 0.3) is 0 Å². The van der Waals surface area contributed by atoms with E-state index in [0.717, 1.165) is 4.90 Å². The Morgan fingerprint density at radius 2 is 2.23 bits per heavy atom. The zero-order valence-electron chi connectivity index (χ0n) is 11.2. The third-order valence-corrected chi connectivity index (χ3v) is 3.64. The number of hydrogen-bond donors (Lipinski definition) is 0. The van der Waals surface area contributed by atoms with Crippen LogP contribution in [0.25, 0.3) is 5.69 Å². The molecule has 2 aromatic heterocycles. The third kappa shape index (κ3) is 4.14. The maximum atomic E-state index is 12.1. The van der Waals surface area contributed by atoms with Gasteiger partial charge in [-0.25, -0.2) is 4.68 Å². The van der Waals surface area contributed by atoms with Gasteiger partial charge < -0.3 is 4.90 Å². The number of nitrogens with zero attached hydrogens (tertiary/aromatic N) is 4. The summed E-state index contributed by atoms with van der Waals surface area (Å²) < 4.78 is 37.8. The second-order valence-electron chi connectivity index (χ2n) is 4.15. The standard InChI is InChI=1S/C12H10ClF3N4OS/c1-19(10(21)7-22-12(14,15)16)9-6-20(18-11(9)13)8-3-2-4-17-5-8/h2-6H,7H2,1H3. The first kappa shape index (κ1) is 16.6. The number of aromatic nitrogens is 3. The van der Waals surface area contributed by atoms with E-state index in [1.807, 2.05) is 0 Å². The van der Waals surface area contributed by atoms with Crippen molar-refractivity contribution < 1.29 is 18.0 Å². The summed E-state index contributed by atoms with van der Waals surface area (Å²) in [5, 5.41) is 4.02. The molecule has 22 heavy (non-hydrogen) atoms. The predicted molar refractivity (Wildman–Crippen MR) is 78.3 cm³/mol. The van der Waals surface area contributed by atoms with E-state index in [2.05, 4.69) is 10.1 Å². The number of alkyl halides is 3. The predicted octanol–water partition coefficient (Wildman–Crippen LogP) is 3.14. The van der Waals surface area contributed by atoms with Gasteiger partial charge in [-0.3, -0.25) is 9.78 Å². The number of thioether (sulfide) groups is 1. The number of hydrogen-bond acceptors (Lipinski definition) is 4. The van der Waals surface area contributed by atoms with Crippen molar-refractivity contribution in [2.75, 3.05) is 17.7 Å². The van der Waals surface area contributed by atoms with Gasteiger partial charge in [-0.15, -0.1) is 0 Å². The average Bonchev–Trinajstić information content (AvgIpc) is 2.86. The summed E-state index contributed by atoms with van der Waals surface area (Å²) in [7, 11) is 1.34. The Morgan fingerprint density at radius 3 is 2.82 bits per heavy atom. The molecule has 0 saturated heterocycles. The van der Waals surface area contributed by atoms with E-state index in [4.69, 9.17) is 11.6 Å². The fourth-order valence-electron chi connectivity index (χ4n) is 1.57. The van der Waals surface area contributed by atoms with E-state index in [1.165, 1.54) is 24.1 Å².